The lowest BCUT2D eigenvalue weighted by Gasteiger charge is -2.26. The summed E-state index contributed by atoms with van der Waals surface area (Å²) in [5.41, 5.74) is 2.38. The third kappa shape index (κ3) is 6.16. The molecule has 7 N–H and O–H groups in total. The van der Waals surface area contributed by atoms with Crippen LogP contribution in [0.4, 0.5) is 11.4 Å². The fourth-order valence-corrected chi connectivity index (χ4v) is 4.14. The number of ketones is 2. The van der Waals surface area contributed by atoms with Crippen molar-refractivity contribution >= 4 is 22.9 Å². The van der Waals surface area contributed by atoms with E-state index in [0.29, 0.717) is 69.2 Å². The third-order valence-electron chi connectivity index (χ3n) is 5.77. The number of carbonyl (C=O) groups excluding carboxylic acids is 2. The van der Waals surface area contributed by atoms with Gasteiger partial charge in [0.1, 0.15) is 5.75 Å². The average Bonchev–Trinajstić information content (AvgIpc) is 2.86. The van der Waals surface area contributed by atoms with Gasteiger partial charge in [0.25, 0.3) is 0 Å². The number of aromatic hydroxyl groups is 1. The van der Waals surface area contributed by atoms with Crippen LogP contribution in [0.3, 0.4) is 0 Å². The van der Waals surface area contributed by atoms with Gasteiger partial charge in [-0.05, 0) is 30.2 Å². The van der Waals surface area contributed by atoms with Crippen molar-refractivity contribution < 1.29 is 29.6 Å². The molecule has 0 radical (unpaired) electrons. The van der Waals surface area contributed by atoms with Crippen molar-refractivity contribution in [2.24, 2.45) is 0 Å². The standard InChI is InChI=1S/C25H34N4O6/c1-35-15-6-16-2-5-19(32)23-20(16)24(33)21-17(28-9-7-26-11-13-30)3-4-18(22(21)25(23)34)29-10-8-27-12-14-31/h2-5,26-32H,6-15H2,1H3. The lowest BCUT2D eigenvalue weighted by Crippen LogP contribution is -2.29. The first-order chi connectivity index (χ1) is 17.0. The molecular formula is C25H34N4O6. The van der Waals surface area contributed by atoms with Gasteiger partial charge in [0.2, 0.25) is 0 Å². The van der Waals surface area contributed by atoms with Crippen molar-refractivity contribution in [3.8, 4) is 5.75 Å². The van der Waals surface area contributed by atoms with Crippen LogP contribution in [0.25, 0.3) is 0 Å². The molecule has 0 heterocycles. The molecule has 1 aliphatic carbocycles. The highest BCUT2D eigenvalue weighted by atomic mass is 16.5. The number of methoxy groups -OCH3 is 1. The normalized spacial score (nSPS) is 12.4. The number of anilines is 2. The number of phenolic OH excluding ortho intramolecular Hbond substituents is 1. The van der Waals surface area contributed by atoms with Gasteiger partial charge in [0.05, 0.1) is 36.5 Å². The van der Waals surface area contributed by atoms with Crippen LogP contribution in [0.1, 0.15) is 37.4 Å². The Morgan fingerprint density at radius 3 is 1.77 bits per heavy atom. The molecule has 0 unspecified atom stereocenters. The van der Waals surface area contributed by atoms with Crippen molar-refractivity contribution in [3.05, 3.63) is 52.1 Å². The molecule has 0 amide bonds. The summed E-state index contributed by atoms with van der Waals surface area (Å²) >= 11 is 0. The van der Waals surface area contributed by atoms with Crippen LogP contribution in [0.15, 0.2) is 24.3 Å². The van der Waals surface area contributed by atoms with E-state index in [1.54, 1.807) is 25.3 Å². The number of hydrogen-bond acceptors (Lipinski definition) is 10. The minimum Gasteiger partial charge on any atom is -0.507 e. The van der Waals surface area contributed by atoms with Crippen LogP contribution in [0.2, 0.25) is 0 Å². The Hall–Kier alpha value is -3.02. The fraction of sp³-hybridized carbons (Fsp3) is 0.440. The lowest BCUT2D eigenvalue weighted by atomic mass is 9.79. The summed E-state index contributed by atoms with van der Waals surface area (Å²) in [5.74, 6) is -0.976. The molecule has 2 aromatic rings. The topological polar surface area (TPSA) is 152 Å². The van der Waals surface area contributed by atoms with Crippen molar-refractivity contribution in [2.45, 2.75) is 6.42 Å². The number of benzene rings is 2. The molecule has 0 spiro atoms. The number of aliphatic hydroxyl groups excluding tert-OH is 2. The molecule has 1 aliphatic rings. The Morgan fingerprint density at radius 1 is 0.714 bits per heavy atom. The van der Waals surface area contributed by atoms with Crippen LogP contribution in [-0.2, 0) is 11.2 Å². The minimum absolute atomic E-state index is 0.0133. The van der Waals surface area contributed by atoms with Crippen LogP contribution >= 0.6 is 0 Å². The van der Waals surface area contributed by atoms with Crippen molar-refractivity contribution in [2.75, 3.05) is 76.8 Å². The number of ether oxygens (including phenoxy) is 1. The number of aliphatic hydroxyl groups is 2. The first-order valence-corrected chi connectivity index (χ1v) is 11.8. The fourth-order valence-electron chi connectivity index (χ4n) is 4.14. The van der Waals surface area contributed by atoms with E-state index >= 15 is 0 Å². The van der Waals surface area contributed by atoms with Gasteiger partial charge in [0.15, 0.2) is 11.6 Å². The van der Waals surface area contributed by atoms with E-state index < -0.39 is 5.78 Å². The summed E-state index contributed by atoms with van der Waals surface area (Å²) in [6.45, 7) is 3.40. The van der Waals surface area contributed by atoms with Crippen LogP contribution in [0, 0.1) is 0 Å². The summed E-state index contributed by atoms with van der Waals surface area (Å²) in [4.78, 5) is 27.6. The molecule has 3 rings (SSSR count). The largest absolute Gasteiger partial charge is 0.507 e. The van der Waals surface area contributed by atoms with Crippen LogP contribution in [-0.4, -0.2) is 93.1 Å². The van der Waals surface area contributed by atoms with Gasteiger partial charge in [0, 0.05) is 63.3 Å². The minimum atomic E-state index is -0.417. The molecule has 0 saturated heterocycles. The maximum Gasteiger partial charge on any atom is 0.200 e. The Bertz CT molecular complexity index is 1040. The quantitative estimate of drug-likeness (QED) is 0.150. The maximum absolute atomic E-state index is 13.9. The molecule has 10 nitrogen and oxygen atoms in total. The monoisotopic (exact) mass is 486 g/mol. The molecule has 10 heteroatoms. The number of hydrogen-bond donors (Lipinski definition) is 7. The average molecular weight is 487 g/mol. The first-order valence-electron chi connectivity index (χ1n) is 11.8. The van der Waals surface area contributed by atoms with Crippen LogP contribution < -0.4 is 21.3 Å². The number of nitrogens with one attached hydrogen (secondary N) is 4. The Labute approximate surface area is 204 Å². The lowest BCUT2D eigenvalue weighted by molar-refractivity contribution is 0.0976. The number of fused-ring (bicyclic) bond motifs is 2. The van der Waals surface area contributed by atoms with E-state index in [-0.39, 0.29) is 47.0 Å². The Morgan fingerprint density at radius 2 is 1.26 bits per heavy atom. The molecule has 190 valence electrons. The van der Waals surface area contributed by atoms with E-state index in [2.05, 4.69) is 21.3 Å². The highest BCUT2D eigenvalue weighted by Crippen LogP contribution is 2.40. The van der Waals surface area contributed by atoms with Gasteiger partial charge in [-0.3, -0.25) is 9.59 Å². The molecule has 0 atom stereocenters. The second-order valence-corrected chi connectivity index (χ2v) is 8.11. The maximum atomic E-state index is 13.9. The molecule has 0 fully saturated rings. The summed E-state index contributed by atoms with van der Waals surface area (Å²) < 4.78 is 5.17. The molecule has 0 bridgehead atoms. The Balaban J connectivity index is 2.01. The van der Waals surface area contributed by atoms with E-state index in [1.807, 2.05) is 0 Å². The SMILES string of the molecule is COCCc1ccc(O)c2c1C(=O)c1c(NCCNCCO)ccc(NCCNCCO)c1C2=O. The zero-order chi connectivity index (χ0) is 25.2. The molecule has 0 saturated carbocycles. The van der Waals surface area contributed by atoms with Crippen molar-refractivity contribution in [3.63, 3.8) is 0 Å². The van der Waals surface area contributed by atoms with Gasteiger partial charge in [-0.1, -0.05) is 6.07 Å². The van der Waals surface area contributed by atoms with E-state index in [9.17, 15) is 14.7 Å². The van der Waals surface area contributed by atoms with E-state index in [4.69, 9.17) is 14.9 Å². The van der Waals surface area contributed by atoms with E-state index in [1.165, 1.54) is 6.07 Å². The molecule has 2 aromatic carbocycles. The van der Waals surface area contributed by atoms with Crippen LogP contribution in [0.5, 0.6) is 5.75 Å². The second-order valence-electron chi connectivity index (χ2n) is 8.11. The summed E-state index contributed by atoms with van der Waals surface area (Å²) in [7, 11) is 1.56. The van der Waals surface area contributed by atoms with E-state index in [0.717, 1.165) is 0 Å². The molecule has 0 aromatic heterocycles. The zero-order valence-electron chi connectivity index (χ0n) is 19.9. The Kier molecular flexibility index (Phi) is 10.0. The van der Waals surface area contributed by atoms with Gasteiger partial charge >= 0.3 is 0 Å². The number of carbonyl (C=O) groups is 2. The number of phenols is 1. The number of rotatable bonds is 15. The summed E-state index contributed by atoms with van der Waals surface area (Å²) in [5, 5.41) is 41.0. The summed E-state index contributed by atoms with van der Waals surface area (Å²) in [6, 6.07) is 6.61. The third-order valence-corrected chi connectivity index (χ3v) is 5.77. The van der Waals surface area contributed by atoms with Gasteiger partial charge < -0.3 is 41.3 Å². The first kappa shape index (κ1) is 26.6. The molecular weight excluding hydrogens is 452 g/mol. The second kappa shape index (κ2) is 13.2. The molecule has 0 aliphatic heterocycles. The predicted octanol–water partition coefficient (Wildman–Crippen LogP) is 0.344. The van der Waals surface area contributed by atoms with Gasteiger partial charge in [-0.2, -0.15) is 0 Å². The van der Waals surface area contributed by atoms with Crippen molar-refractivity contribution in [1.29, 1.82) is 0 Å². The smallest absolute Gasteiger partial charge is 0.200 e. The predicted molar refractivity (Wildman–Crippen MR) is 134 cm³/mol. The van der Waals surface area contributed by atoms with Gasteiger partial charge in [-0.25, -0.2) is 0 Å². The van der Waals surface area contributed by atoms with Gasteiger partial charge in [-0.15, -0.1) is 0 Å². The zero-order valence-corrected chi connectivity index (χ0v) is 19.9. The highest BCUT2D eigenvalue weighted by Gasteiger charge is 2.37. The highest BCUT2D eigenvalue weighted by molar-refractivity contribution is 6.33. The summed E-state index contributed by atoms with van der Waals surface area (Å²) in [6.07, 6.45) is 0.426. The molecule has 35 heavy (non-hydrogen) atoms. The van der Waals surface area contributed by atoms with Crippen molar-refractivity contribution in [1.82, 2.24) is 10.6 Å².